The van der Waals surface area contributed by atoms with Crippen molar-refractivity contribution in [3.8, 4) is 11.1 Å². The Hall–Kier alpha value is -4.13. The van der Waals surface area contributed by atoms with Crippen LogP contribution in [-0.2, 0) is 20.7 Å². The number of carboxylic acids is 1. The van der Waals surface area contributed by atoms with Crippen molar-refractivity contribution in [1.29, 1.82) is 0 Å². The van der Waals surface area contributed by atoms with Gasteiger partial charge in [0.1, 0.15) is 12.6 Å². The van der Waals surface area contributed by atoms with E-state index in [0.717, 1.165) is 27.8 Å². The number of rotatable bonds is 9. The molecule has 7 heteroatoms. The second-order valence-corrected chi connectivity index (χ2v) is 8.15. The van der Waals surface area contributed by atoms with Gasteiger partial charge in [0.2, 0.25) is 5.91 Å². The maximum atomic E-state index is 12.2. The summed E-state index contributed by atoms with van der Waals surface area (Å²) in [6.07, 6.45) is -0.487. The molecular weight excluding hydrogens is 432 g/mol. The number of carboxylic acid groups (broad SMARTS) is 1. The van der Waals surface area contributed by atoms with E-state index in [1.807, 2.05) is 54.6 Å². The summed E-state index contributed by atoms with van der Waals surface area (Å²) in [5, 5.41) is 14.5. The van der Waals surface area contributed by atoms with Gasteiger partial charge < -0.3 is 20.5 Å². The van der Waals surface area contributed by atoms with Crippen molar-refractivity contribution < 1.29 is 24.2 Å². The third-order valence-electron chi connectivity index (χ3n) is 5.88. The Morgan fingerprint density at radius 2 is 1.44 bits per heavy atom. The number of benzene rings is 3. The summed E-state index contributed by atoms with van der Waals surface area (Å²) in [6, 6.07) is 24.2. The fourth-order valence-electron chi connectivity index (χ4n) is 4.24. The highest BCUT2D eigenvalue weighted by molar-refractivity contribution is 5.84. The molecule has 0 fully saturated rings. The van der Waals surface area contributed by atoms with Gasteiger partial charge in [-0.3, -0.25) is 4.79 Å². The first-order valence-corrected chi connectivity index (χ1v) is 11.2. The van der Waals surface area contributed by atoms with Gasteiger partial charge in [-0.05, 0) is 27.8 Å². The molecule has 0 aliphatic heterocycles. The lowest BCUT2D eigenvalue weighted by molar-refractivity contribution is -0.141. The lowest BCUT2D eigenvalue weighted by Crippen LogP contribution is -2.43. The molecule has 1 aliphatic carbocycles. The second-order valence-electron chi connectivity index (χ2n) is 8.15. The number of ether oxygens (including phenoxy) is 1. The van der Waals surface area contributed by atoms with Gasteiger partial charge in [0.15, 0.2) is 0 Å². The zero-order chi connectivity index (χ0) is 23.9. The molecular formula is C27H26N2O5. The molecule has 0 saturated carbocycles. The van der Waals surface area contributed by atoms with E-state index < -0.39 is 24.0 Å². The Balaban J connectivity index is 1.24. The topological polar surface area (TPSA) is 105 Å². The van der Waals surface area contributed by atoms with Crippen LogP contribution in [0.4, 0.5) is 4.79 Å². The molecule has 0 radical (unpaired) electrons. The van der Waals surface area contributed by atoms with Gasteiger partial charge in [-0.25, -0.2) is 9.59 Å². The number of carbonyl (C=O) groups is 3. The SMILES string of the molecule is O=C(CCNC(=O)OCC1c2ccccc2-c2ccccc21)N[C@H](Cc1ccccc1)C(=O)O. The molecule has 34 heavy (non-hydrogen) atoms. The smallest absolute Gasteiger partial charge is 0.407 e. The molecule has 0 bridgehead atoms. The predicted molar refractivity (Wildman–Crippen MR) is 127 cm³/mol. The van der Waals surface area contributed by atoms with Crippen LogP contribution in [0.5, 0.6) is 0 Å². The van der Waals surface area contributed by atoms with Crippen LogP contribution in [-0.4, -0.2) is 42.3 Å². The van der Waals surface area contributed by atoms with E-state index in [1.54, 1.807) is 12.1 Å². The fraction of sp³-hybridized carbons (Fsp3) is 0.222. The van der Waals surface area contributed by atoms with Crippen LogP contribution < -0.4 is 10.6 Å². The molecule has 174 valence electrons. The fourth-order valence-corrected chi connectivity index (χ4v) is 4.24. The summed E-state index contributed by atoms with van der Waals surface area (Å²) in [6.45, 7) is 0.227. The van der Waals surface area contributed by atoms with Gasteiger partial charge in [-0.15, -0.1) is 0 Å². The van der Waals surface area contributed by atoms with Crippen LogP contribution in [0.25, 0.3) is 11.1 Å². The number of carbonyl (C=O) groups excluding carboxylic acids is 2. The molecule has 2 amide bonds. The number of aliphatic carboxylic acids is 1. The average molecular weight is 459 g/mol. The zero-order valence-electron chi connectivity index (χ0n) is 18.6. The maximum Gasteiger partial charge on any atom is 0.407 e. The van der Waals surface area contributed by atoms with Crippen molar-refractivity contribution >= 4 is 18.0 Å². The van der Waals surface area contributed by atoms with E-state index in [2.05, 4.69) is 22.8 Å². The zero-order valence-corrected chi connectivity index (χ0v) is 18.6. The predicted octanol–water partition coefficient (Wildman–Crippen LogP) is 3.73. The first-order chi connectivity index (χ1) is 16.5. The number of amides is 2. The number of hydrogen-bond acceptors (Lipinski definition) is 4. The van der Waals surface area contributed by atoms with E-state index in [1.165, 1.54) is 0 Å². The molecule has 0 aromatic heterocycles. The molecule has 0 unspecified atom stereocenters. The van der Waals surface area contributed by atoms with Crippen LogP contribution in [0.1, 0.15) is 29.0 Å². The Morgan fingerprint density at radius 3 is 2.06 bits per heavy atom. The van der Waals surface area contributed by atoms with E-state index >= 15 is 0 Å². The van der Waals surface area contributed by atoms with Gasteiger partial charge in [-0.2, -0.15) is 0 Å². The van der Waals surface area contributed by atoms with Crippen molar-refractivity contribution in [1.82, 2.24) is 10.6 Å². The minimum absolute atomic E-state index is 0.0418. The van der Waals surface area contributed by atoms with Gasteiger partial charge in [0, 0.05) is 25.3 Å². The minimum Gasteiger partial charge on any atom is -0.480 e. The summed E-state index contributed by atoms with van der Waals surface area (Å²) in [5.74, 6) is -1.61. The summed E-state index contributed by atoms with van der Waals surface area (Å²) in [4.78, 5) is 35.9. The quantitative estimate of drug-likeness (QED) is 0.453. The summed E-state index contributed by atoms with van der Waals surface area (Å²) >= 11 is 0. The van der Waals surface area contributed by atoms with Crippen molar-refractivity contribution in [3.63, 3.8) is 0 Å². The molecule has 3 N–H and O–H groups in total. The summed E-state index contributed by atoms with van der Waals surface area (Å²) < 4.78 is 5.44. The van der Waals surface area contributed by atoms with Crippen LogP contribution in [0.3, 0.4) is 0 Å². The highest BCUT2D eigenvalue weighted by Gasteiger charge is 2.29. The Morgan fingerprint density at radius 1 is 0.853 bits per heavy atom. The highest BCUT2D eigenvalue weighted by Crippen LogP contribution is 2.44. The molecule has 0 saturated heterocycles. The first kappa shape index (κ1) is 23.0. The standard InChI is InChI=1S/C27H26N2O5/c30-25(29-24(26(31)32)16-18-8-2-1-3-9-18)14-15-28-27(33)34-17-23-21-12-6-4-10-19(21)20-11-5-7-13-22(20)23/h1-13,23-24H,14-17H2,(H,28,33)(H,29,30)(H,31,32)/t24-/m1/s1. The van der Waals surface area contributed by atoms with Crippen LogP contribution in [0.2, 0.25) is 0 Å². The van der Waals surface area contributed by atoms with E-state index in [9.17, 15) is 19.5 Å². The molecule has 1 aliphatic rings. The summed E-state index contributed by atoms with van der Waals surface area (Å²) in [7, 11) is 0. The Bertz CT molecular complexity index is 1130. The Labute approximate surface area is 197 Å². The number of hydrogen-bond donors (Lipinski definition) is 3. The Kier molecular flexibility index (Phi) is 7.22. The van der Waals surface area contributed by atoms with Crippen molar-refractivity contribution in [2.45, 2.75) is 24.8 Å². The molecule has 4 rings (SSSR count). The minimum atomic E-state index is -1.11. The molecule has 3 aromatic carbocycles. The molecule has 0 heterocycles. The molecule has 1 atom stereocenters. The monoisotopic (exact) mass is 458 g/mol. The highest BCUT2D eigenvalue weighted by atomic mass is 16.5. The first-order valence-electron chi connectivity index (χ1n) is 11.2. The van der Waals surface area contributed by atoms with Crippen LogP contribution in [0.15, 0.2) is 78.9 Å². The van der Waals surface area contributed by atoms with Gasteiger partial charge in [0.05, 0.1) is 0 Å². The third-order valence-corrected chi connectivity index (χ3v) is 5.88. The second kappa shape index (κ2) is 10.7. The van der Waals surface area contributed by atoms with E-state index in [-0.39, 0.29) is 31.9 Å². The lowest BCUT2D eigenvalue weighted by Gasteiger charge is -2.16. The van der Waals surface area contributed by atoms with Crippen LogP contribution >= 0.6 is 0 Å². The van der Waals surface area contributed by atoms with E-state index in [4.69, 9.17) is 4.74 Å². The number of fused-ring (bicyclic) bond motifs is 3. The lowest BCUT2D eigenvalue weighted by atomic mass is 9.98. The van der Waals surface area contributed by atoms with Gasteiger partial charge in [0.25, 0.3) is 0 Å². The average Bonchev–Trinajstić information content (AvgIpc) is 3.16. The summed E-state index contributed by atoms with van der Waals surface area (Å²) in [5.41, 5.74) is 5.34. The third kappa shape index (κ3) is 5.43. The molecule has 0 spiro atoms. The largest absolute Gasteiger partial charge is 0.480 e. The molecule has 7 nitrogen and oxygen atoms in total. The molecule has 3 aromatic rings. The number of alkyl carbamates (subject to hydrolysis) is 1. The van der Waals surface area contributed by atoms with Crippen LogP contribution in [0, 0.1) is 0 Å². The normalized spacial score (nSPS) is 12.8. The van der Waals surface area contributed by atoms with Crippen molar-refractivity contribution in [2.75, 3.05) is 13.2 Å². The van der Waals surface area contributed by atoms with Gasteiger partial charge in [-0.1, -0.05) is 78.9 Å². The number of nitrogens with one attached hydrogen (secondary N) is 2. The van der Waals surface area contributed by atoms with Gasteiger partial charge >= 0.3 is 12.1 Å². The van der Waals surface area contributed by atoms with Crippen molar-refractivity contribution in [3.05, 3.63) is 95.6 Å². The maximum absolute atomic E-state index is 12.2. The van der Waals surface area contributed by atoms with Crippen molar-refractivity contribution in [2.24, 2.45) is 0 Å². The van der Waals surface area contributed by atoms with E-state index in [0.29, 0.717) is 0 Å².